The van der Waals surface area contributed by atoms with Crippen LogP contribution in [0.4, 0.5) is 0 Å². The van der Waals surface area contributed by atoms with E-state index < -0.39 is 0 Å². The maximum Gasteiger partial charge on any atom is 0.306 e. The van der Waals surface area contributed by atoms with E-state index >= 15 is 0 Å². The molecule has 0 aromatic rings. The highest BCUT2D eigenvalue weighted by Gasteiger charge is 2.44. The third-order valence-corrected chi connectivity index (χ3v) is 8.85. The molecule has 3 aliphatic rings. The summed E-state index contributed by atoms with van der Waals surface area (Å²) in [6.07, 6.45) is 25.0. The van der Waals surface area contributed by atoms with Gasteiger partial charge < -0.3 is 4.74 Å². The summed E-state index contributed by atoms with van der Waals surface area (Å²) >= 11 is 0. The summed E-state index contributed by atoms with van der Waals surface area (Å²) in [4.78, 5) is 12.3. The number of fused-ring (bicyclic) bond motifs is 3. The van der Waals surface area contributed by atoms with Crippen LogP contribution in [0.3, 0.4) is 0 Å². The average molecular weight is 419 g/mol. The van der Waals surface area contributed by atoms with Gasteiger partial charge in [-0.15, -0.1) is 0 Å². The molecule has 2 nitrogen and oxygen atoms in total. The van der Waals surface area contributed by atoms with E-state index in [4.69, 9.17) is 4.74 Å². The first-order valence-electron chi connectivity index (χ1n) is 13.9. The van der Waals surface area contributed by atoms with Crippen molar-refractivity contribution < 1.29 is 9.53 Å². The van der Waals surface area contributed by atoms with E-state index in [-0.39, 0.29) is 12.1 Å². The summed E-state index contributed by atoms with van der Waals surface area (Å²) in [7, 11) is 0. The van der Waals surface area contributed by atoms with Crippen molar-refractivity contribution in [1.82, 2.24) is 0 Å². The molecule has 0 saturated heterocycles. The molecule has 0 radical (unpaired) electrons. The van der Waals surface area contributed by atoms with Crippen molar-refractivity contribution in [3.05, 3.63) is 0 Å². The van der Waals surface area contributed by atoms with Crippen LogP contribution in [0.2, 0.25) is 0 Å². The Bertz CT molecular complexity index is 487. The molecule has 3 rings (SSSR count). The van der Waals surface area contributed by atoms with E-state index in [1.807, 2.05) is 0 Å². The molecule has 0 N–H and O–H groups in total. The molecule has 0 aromatic heterocycles. The van der Waals surface area contributed by atoms with Crippen LogP contribution in [0, 0.1) is 29.6 Å². The van der Waals surface area contributed by atoms with Crippen LogP contribution >= 0.6 is 0 Å². The topological polar surface area (TPSA) is 26.3 Å². The summed E-state index contributed by atoms with van der Waals surface area (Å²) < 4.78 is 5.93. The molecule has 3 aliphatic carbocycles. The Balaban J connectivity index is 1.36. The first-order valence-corrected chi connectivity index (χ1v) is 13.9. The lowest BCUT2D eigenvalue weighted by Crippen LogP contribution is -2.43. The second kappa shape index (κ2) is 13.1. The van der Waals surface area contributed by atoms with Crippen molar-refractivity contribution in [2.24, 2.45) is 29.6 Å². The molecule has 6 unspecified atom stereocenters. The predicted octanol–water partition coefficient (Wildman–Crippen LogP) is 8.47. The van der Waals surface area contributed by atoms with Crippen molar-refractivity contribution in [3.8, 4) is 0 Å². The molecule has 0 spiro atoms. The summed E-state index contributed by atoms with van der Waals surface area (Å²) in [5.41, 5.74) is 0. The van der Waals surface area contributed by atoms with E-state index in [9.17, 15) is 4.79 Å². The van der Waals surface area contributed by atoms with Crippen molar-refractivity contribution >= 4 is 5.97 Å². The summed E-state index contributed by atoms with van der Waals surface area (Å²) in [5, 5.41) is 0. The molecule has 0 heterocycles. The molecule has 30 heavy (non-hydrogen) atoms. The number of esters is 1. The SMILES string of the molecule is CCCCCCCC(=O)OC1CCC2C(CCC3CC(CCCCCC)CCC32)C1. The smallest absolute Gasteiger partial charge is 0.306 e. The summed E-state index contributed by atoms with van der Waals surface area (Å²) in [6, 6.07) is 0. The van der Waals surface area contributed by atoms with Gasteiger partial charge >= 0.3 is 5.97 Å². The zero-order valence-electron chi connectivity index (χ0n) is 20.2. The third kappa shape index (κ3) is 7.27. The van der Waals surface area contributed by atoms with Crippen LogP contribution in [0.15, 0.2) is 0 Å². The van der Waals surface area contributed by atoms with Gasteiger partial charge in [-0.1, -0.05) is 78.1 Å². The van der Waals surface area contributed by atoms with Crippen LogP contribution < -0.4 is 0 Å². The molecule has 0 bridgehead atoms. The minimum atomic E-state index is 0.0761. The maximum atomic E-state index is 12.3. The quantitative estimate of drug-likeness (QED) is 0.235. The first kappa shape index (κ1) is 24.1. The van der Waals surface area contributed by atoms with E-state index in [0.717, 1.165) is 48.9 Å². The number of carbonyl (C=O) groups is 1. The fourth-order valence-corrected chi connectivity index (χ4v) is 7.20. The minimum Gasteiger partial charge on any atom is -0.462 e. The Morgan fingerprint density at radius 3 is 2.07 bits per heavy atom. The lowest BCUT2D eigenvalue weighted by atomic mass is 9.56. The fraction of sp³-hybridized carbons (Fsp3) is 0.964. The molecule has 3 saturated carbocycles. The lowest BCUT2D eigenvalue weighted by Gasteiger charge is -2.50. The Morgan fingerprint density at radius 2 is 1.33 bits per heavy atom. The van der Waals surface area contributed by atoms with Gasteiger partial charge in [-0.3, -0.25) is 4.79 Å². The predicted molar refractivity (Wildman–Crippen MR) is 126 cm³/mol. The van der Waals surface area contributed by atoms with Gasteiger partial charge in [0.2, 0.25) is 0 Å². The number of hydrogen-bond acceptors (Lipinski definition) is 2. The standard InChI is InChI=1S/C28H50O2/c1-3-5-7-9-11-13-28(29)30-25-17-19-27-24(21-25)16-15-23-20-22(14-18-26(23)27)12-10-8-6-4-2/h22-27H,3-21H2,1-2H3. The van der Waals surface area contributed by atoms with Crippen LogP contribution in [-0.2, 0) is 9.53 Å². The van der Waals surface area contributed by atoms with Gasteiger partial charge in [-0.05, 0) is 81.0 Å². The van der Waals surface area contributed by atoms with Crippen LogP contribution in [0.25, 0.3) is 0 Å². The molecule has 3 fully saturated rings. The third-order valence-electron chi connectivity index (χ3n) is 8.85. The number of carbonyl (C=O) groups excluding carboxylic acids is 1. The number of hydrogen-bond donors (Lipinski definition) is 0. The maximum absolute atomic E-state index is 12.3. The highest BCUT2D eigenvalue weighted by molar-refractivity contribution is 5.69. The normalized spacial score (nSPS) is 33.5. The molecule has 0 aliphatic heterocycles. The van der Waals surface area contributed by atoms with Crippen LogP contribution in [0.5, 0.6) is 0 Å². The molecular weight excluding hydrogens is 368 g/mol. The van der Waals surface area contributed by atoms with Crippen LogP contribution in [0.1, 0.15) is 136 Å². The second-order valence-corrected chi connectivity index (χ2v) is 11.0. The van der Waals surface area contributed by atoms with Gasteiger partial charge in [0.05, 0.1) is 0 Å². The number of rotatable bonds is 12. The van der Waals surface area contributed by atoms with Gasteiger partial charge in [0.1, 0.15) is 6.10 Å². The van der Waals surface area contributed by atoms with Gasteiger partial charge in [-0.25, -0.2) is 0 Å². The highest BCUT2D eigenvalue weighted by atomic mass is 16.5. The highest BCUT2D eigenvalue weighted by Crippen LogP contribution is 2.53. The first-order chi connectivity index (χ1) is 14.7. The Labute approximate surface area is 187 Å². The van der Waals surface area contributed by atoms with Gasteiger partial charge in [0, 0.05) is 6.42 Å². The van der Waals surface area contributed by atoms with Crippen molar-refractivity contribution in [3.63, 3.8) is 0 Å². The largest absolute Gasteiger partial charge is 0.462 e. The van der Waals surface area contributed by atoms with Crippen molar-refractivity contribution in [2.75, 3.05) is 0 Å². The Morgan fingerprint density at radius 1 is 0.700 bits per heavy atom. The van der Waals surface area contributed by atoms with Crippen molar-refractivity contribution in [1.29, 1.82) is 0 Å². The minimum absolute atomic E-state index is 0.0761. The van der Waals surface area contributed by atoms with Crippen molar-refractivity contribution in [2.45, 2.75) is 142 Å². The molecule has 2 heteroatoms. The van der Waals surface area contributed by atoms with E-state index in [0.29, 0.717) is 6.42 Å². The summed E-state index contributed by atoms with van der Waals surface area (Å²) in [6.45, 7) is 4.55. The fourth-order valence-electron chi connectivity index (χ4n) is 7.20. The van der Waals surface area contributed by atoms with Gasteiger partial charge in [0.25, 0.3) is 0 Å². The van der Waals surface area contributed by atoms with Gasteiger partial charge in [0.15, 0.2) is 0 Å². The zero-order valence-corrected chi connectivity index (χ0v) is 20.2. The van der Waals surface area contributed by atoms with E-state index in [2.05, 4.69) is 13.8 Å². The number of ether oxygens (including phenoxy) is 1. The molecule has 0 aromatic carbocycles. The second-order valence-electron chi connectivity index (χ2n) is 11.0. The average Bonchev–Trinajstić information content (AvgIpc) is 2.76. The Hall–Kier alpha value is -0.530. The van der Waals surface area contributed by atoms with Crippen LogP contribution in [-0.4, -0.2) is 12.1 Å². The van der Waals surface area contributed by atoms with E-state index in [1.54, 1.807) is 0 Å². The molecule has 0 amide bonds. The monoisotopic (exact) mass is 418 g/mol. The molecule has 174 valence electrons. The van der Waals surface area contributed by atoms with E-state index in [1.165, 1.54) is 96.3 Å². The molecular formula is C28H50O2. The Kier molecular flexibility index (Phi) is 10.5. The zero-order chi connectivity index (χ0) is 21.2. The summed E-state index contributed by atoms with van der Waals surface area (Å²) in [5.74, 6) is 4.88. The number of unbranched alkanes of at least 4 members (excludes halogenated alkanes) is 7. The molecule has 6 atom stereocenters. The lowest BCUT2D eigenvalue weighted by molar-refractivity contribution is -0.153. The van der Waals surface area contributed by atoms with Gasteiger partial charge in [-0.2, -0.15) is 0 Å².